The minimum Gasteiger partial charge on any atom is -0.0999 e. The fourth-order valence-electron chi connectivity index (χ4n) is 1.12. The third-order valence-corrected chi connectivity index (χ3v) is 2.33. The first kappa shape index (κ1) is 10.7. The molecule has 66 valence electrons. The second-order valence-electron chi connectivity index (χ2n) is 3.60. The van der Waals surface area contributed by atoms with Gasteiger partial charge in [-0.3, -0.25) is 0 Å². The Kier molecular flexibility index (Phi) is 6.30. The average molecular weight is 154 g/mol. The zero-order valence-electron chi connectivity index (χ0n) is 8.32. The highest BCUT2D eigenvalue weighted by Gasteiger charge is 2.00. The second kappa shape index (κ2) is 6.45. The summed E-state index contributed by atoms with van der Waals surface area (Å²) in [5.41, 5.74) is 1.33. The Bertz CT molecular complexity index is 103. The van der Waals surface area contributed by atoms with Crippen molar-refractivity contribution in [2.24, 2.45) is 5.92 Å². The third kappa shape index (κ3) is 6.15. The lowest BCUT2D eigenvalue weighted by Gasteiger charge is -2.09. The quantitative estimate of drug-likeness (QED) is 0.398. The van der Waals surface area contributed by atoms with Crippen molar-refractivity contribution in [1.82, 2.24) is 0 Å². The van der Waals surface area contributed by atoms with Crippen LogP contribution in [0.15, 0.2) is 12.2 Å². The minimum atomic E-state index is 0.729. The van der Waals surface area contributed by atoms with Gasteiger partial charge in [-0.25, -0.2) is 0 Å². The van der Waals surface area contributed by atoms with Crippen LogP contribution in [0.25, 0.3) is 0 Å². The molecule has 0 aromatic carbocycles. The van der Waals surface area contributed by atoms with Crippen molar-refractivity contribution < 1.29 is 0 Å². The van der Waals surface area contributed by atoms with Crippen LogP contribution in [-0.2, 0) is 0 Å². The Balaban J connectivity index is 3.17. The van der Waals surface area contributed by atoms with Gasteiger partial charge in [-0.05, 0) is 19.3 Å². The summed E-state index contributed by atoms with van der Waals surface area (Å²) in [4.78, 5) is 0. The molecule has 1 unspecified atom stereocenters. The molecule has 0 radical (unpaired) electrons. The summed E-state index contributed by atoms with van der Waals surface area (Å²) in [5.74, 6) is 0.729. The number of hydrogen-bond acceptors (Lipinski definition) is 0. The molecule has 0 heterocycles. The molecule has 0 heteroatoms. The summed E-state index contributed by atoms with van der Waals surface area (Å²) >= 11 is 0. The van der Waals surface area contributed by atoms with E-state index in [9.17, 15) is 0 Å². The molecule has 0 aliphatic heterocycles. The van der Waals surface area contributed by atoms with E-state index in [-0.39, 0.29) is 0 Å². The Morgan fingerprint density at radius 2 is 1.91 bits per heavy atom. The van der Waals surface area contributed by atoms with Crippen LogP contribution in [-0.4, -0.2) is 0 Å². The van der Waals surface area contributed by atoms with E-state index in [1.54, 1.807) is 0 Å². The van der Waals surface area contributed by atoms with E-state index in [1.807, 2.05) is 0 Å². The lowest BCUT2D eigenvalue weighted by molar-refractivity contribution is 0.543. The fourth-order valence-corrected chi connectivity index (χ4v) is 1.12. The van der Waals surface area contributed by atoms with E-state index in [0.717, 1.165) is 5.92 Å². The summed E-state index contributed by atoms with van der Waals surface area (Å²) in [6, 6.07) is 0. The zero-order valence-corrected chi connectivity index (χ0v) is 8.32. The number of rotatable bonds is 6. The molecule has 0 aliphatic rings. The van der Waals surface area contributed by atoms with Crippen molar-refractivity contribution in [2.45, 2.75) is 52.9 Å². The second-order valence-corrected chi connectivity index (χ2v) is 3.60. The predicted molar refractivity (Wildman–Crippen MR) is 52.7 cm³/mol. The first-order chi connectivity index (χ1) is 5.18. The van der Waals surface area contributed by atoms with Crippen molar-refractivity contribution in [3.05, 3.63) is 12.2 Å². The van der Waals surface area contributed by atoms with Gasteiger partial charge in [0.15, 0.2) is 0 Å². The maximum absolute atomic E-state index is 3.95. The van der Waals surface area contributed by atoms with E-state index in [2.05, 4.69) is 27.4 Å². The van der Waals surface area contributed by atoms with Crippen LogP contribution < -0.4 is 0 Å². The summed E-state index contributed by atoms with van der Waals surface area (Å²) in [5, 5.41) is 0. The monoisotopic (exact) mass is 154 g/mol. The van der Waals surface area contributed by atoms with Crippen LogP contribution >= 0.6 is 0 Å². The first-order valence-corrected chi connectivity index (χ1v) is 4.83. The molecule has 0 spiro atoms. The van der Waals surface area contributed by atoms with Crippen LogP contribution in [0.5, 0.6) is 0 Å². The molecule has 0 aromatic heterocycles. The summed E-state index contributed by atoms with van der Waals surface area (Å²) in [6.45, 7) is 10.6. The van der Waals surface area contributed by atoms with Gasteiger partial charge < -0.3 is 0 Å². The van der Waals surface area contributed by atoms with Gasteiger partial charge in [0.25, 0.3) is 0 Å². The molecule has 0 amide bonds. The standard InChI is InChI=1S/C11H22/c1-5-6-7-8-9-11(4)10(2)3/h11H,2,5-9H2,1,3-4H3. The van der Waals surface area contributed by atoms with Crippen LogP contribution in [0.1, 0.15) is 52.9 Å². The number of hydrogen-bond donors (Lipinski definition) is 0. The van der Waals surface area contributed by atoms with Crippen molar-refractivity contribution in [3.63, 3.8) is 0 Å². The van der Waals surface area contributed by atoms with Crippen LogP contribution in [0, 0.1) is 5.92 Å². The molecule has 0 saturated heterocycles. The number of unbranched alkanes of at least 4 members (excludes halogenated alkanes) is 3. The lowest BCUT2D eigenvalue weighted by Crippen LogP contribution is -1.94. The van der Waals surface area contributed by atoms with E-state index in [0.29, 0.717) is 0 Å². The molecule has 0 bridgehead atoms. The van der Waals surface area contributed by atoms with Crippen molar-refractivity contribution in [1.29, 1.82) is 0 Å². The summed E-state index contributed by atoms with van der Waals surface area (Å²) in [6.07, 6.45) is 6.83. The Morgan fingerprint density at radius 1 is 1.27 bits per heavy atom. The molecule has 0 fully saturated rings. The molecule has 0 N–H and O–H groups in total. The molecular weight excluding hydrogens is 132 g/mol. The fraction of sp³-hybridized carbons (Fsp3) is 0.818. The van der Waals surface area contributed by atoms with Crippen LogP contribution in [0.4, 0.5) is 0 Å². The third-order valence-electron chi connectivity index (χ3n) is 2.33. The van der Waals surface area contributed by atoms with E-state index in [1.165, 1.54) is 37.7 Å². The van der Waals surface area contributed by atoms with Gasteiger partial charge in [0, 0.05) is 0 Å². The van der Waals surface area contributed by atoms with E-state index >= 15 is 0 Å². The molecule has 0 aliphatic carbocycles. The van der Waals surface area contributed by atoms with Crippen LogP contribution in [0.3, 0.4) is 0 Å². The highest BCUT2D eigenvalue weighted by atomic mass is 14.1. The highest BCUT2D eigenvalue weighted by Crippen LogP contribution is 2.16. The maximum Gasteiger partial charge on any atom is -0.0237 e. The molecular formula is C11H22. The first-order valence-electron chi connectivity index (χ1n) is 4.83. The summed E-state index contributed by atoms with van der Waals surface area (Å²) in [7, 11) is 0. The van der Waals surface area contributed by atoms with Gasteiger partial charge in [-0.2, -0.15) is 0 Å². The highest BCUT2D eigenvalue weighted by molar-refractivity contribution is 4.93. The Labute approximate surface area is 71.7 Å². The van der Waals surface area contributed by atoms with Crippen LogP contribution in [0.2, 0.25) is 0 Å². The Hall–Kier alpha value is -0.260. The van der Waals surface area contributed by atoms with Gasteiger partial charge in [0.05, 0.1) is 0 Å². The SMILES string of the molecule is C=C(C)C(C)CCCCCC. The largest absolute Gasteiger partial charge is 0.0999 e. The van der Waals surface area contributed by atoms with E-state index < -0.39 is 0 Å². The molecule has 0 nitrogen and oxygen atoms in total. The minimum absolute atomic E-state index is 0.729. The Morgan fingerprint density at radius 3 is 2.36 bits per heavy atom. The van der Waals surface area contributed by atoms with Gasteiger partial charge >= 0.3 is 0 Å². The molecule has 0 aromatic rings. The number of allylic oxidation sites excluding steroid dienone is 1. The van der Waals surface area contributed by atoms with Gasteiger partial charge in [-0.1, -0.05) is 51.7 Å². The van der Waals surface area contributed by atoms with Gasteiger partial charge in [0.1, 0.15) is 0 Å². The van der Waals surface area contributed by atoms with Crippen molar-refractivity contribution in [2.75, 3.05) is 0 Å². The lowest BCUT2D eigenvalue weighted by atomic mass is 9.97. The van der Waals surface area contributed by atoms with Crippen molar-refractivity contribution in [3.8, 4) is 0 Å². The summed E-state index contributed by atoms with van der Waals surface area (Å²) < 4.78 is 0. The predicted octanol–water partition coefficient (Wildman–Crippen LogP) is 4.17. The molecule has 0 rings (SSSR count). The molecule has 11 heavy (non-hydrogen) atoms. The average Bonchev–Trinajstić information content (AvgIpc) is 1.97. The molecule has 1 atom stereocenters. The molecule has 0 saturated carbocycles. The van der Waals surface area contributed by atoms with Crippen molar-refractivity contribution >= 4 is 0 Å². The zero-order chi connectivity index (χ0) is 8.69. The van der Waals surface area contributed by atoms with E-state index in [4.69, 9.17) is 0 Å². The van der Waals surface area contributed by atoms with Gasteiger partial charge in [-0.15, -0.1) is 0 Å². The smallest absolute Gasteiger partial charge is 0.0237 e. The van der Waals surface area contributed by atoms with Gasteiger partial charge in [0.2, 0.25) is 0 Å². The topological polar surface area (TPSA) is 0 Å². The maximum atomic E-state index is 3.95. The normalized spacial score (nSPS) is 13.0.